The number of aromatic nitrogens is 1. The number of hydrogen-bond acceptors (Lipinski definition) is 2. The van der Waals surface area contributed by atoms with Crippen LogP contribution in [0.4, 0.5) is 0 Å². The molecule has 3 aromatic rings. The lowest BCUT2D eigenvalue weighted by Gasteiger charge is -2.15. The predicted molar refractivity (Wildman–Crippen MR) is 95.9 cm³/mol. The topological polar surface area (TPSA) is 45.8 Å². The van der Waals surface area contributed by atoms with Crippen molar-refractivity contribution in [1.29, 1.82) is 5.26 Å². The maximum Gasteiger partial charge on any atom is 0.269 e. The van der Waals surface area contributed by atoms with Gasteiger partial charge in [-0.1, -0.05) is 60.2 Å². The molecule has 0 unspecified atom stereocenters. The van der Waals surface area contributed by atoms with Crippen molar-refractivity contribution in [1.82, 2.24) is 4.57 Å². The first-order valence-corrected chi connectivity index (χ1v) is 7.85. The highest BCUT2D eigenvalue weighted by Gasteiger charge is 2.14. The highest BCUT2D eigenvalue weighted by Crippen LogP contribution is 2.21. The van der Waals surface area contributed by atoms with Crippen molar-refractivity contribution in [2.75, 3.05) is 0 Å². The molecule has 0 aliphatic carbocycles. The number of nitriles is 1. The Hall–Kier alpha value is -3.12. The lowest BCUT2D eigenvalue weighted by molar-refractivity contribution is 0.763. The van der Waals surface area contributed by atoms with E-state index in [-0.39, 0.29) is 11.1 Å². The van der Waals surface area contributed by atoms with Crippen LogP contribution in [0.15, 0.2) is 65.5 Å². The number of benzene rings is 2. The summed E-state index contributed by atoms with van der Waals surface area (Å²) in [5.74, 6) is 0. The van der Waals surface area contributed by atoms with Crippen molar-refractivity contribution in [2.24, 2.45) is 0 Å². The molecule has 118 valence electrons. The summed E-state index contributed by atoms with van der Waals surface area (Å²) in [7, 11) is 0. The van der Waals surface area contributed by atoms with Crippen LogP contribution >= 0.6 is 0 Å². The summed E-state index contributed by atoms with van der Waals surface area (Å²) in [4.78, 5) is 12.8. The van der Waals surface area contributed by atoms with E-state index >= 15 is 0 Å². The molecule has 0 bridgehead atoms. The lowest BCUT2D eigenvalue weighted by atomic mass is 10.0. The van der Waals surface area contributed by atoms with E-state index < -0.39 is 0 Å². The molecule has 1 aromatic heterocycles. The Morgan fingerprint density at radius 2 is 1.67 bits per heavy atom. The number of rotatable bonds is 3. The van der Waals surface area contributed by atoms with E-state index in [1.807, 2.05) is 80.6 Å². The zero-order chi connectivity index (χ0) is 17.1. The third-order valence-corrected chi connectivity index (χ3v) is 4.14. The molecule has 0 amide bonds. The second kappa shape index (κ2) is 6.55. The molecule has 3 heteroatoms. The van der Waals surface area contributed by atoms with Crippen LogP contribution in [-0.2, 0) is 6.54 Å². The monoisotopic (exact) mass is 314 g/mol. The lowest BCUT2D eigenvalue weighted by Crippen LogP contribution is -2.25. The van der Waals surface area contributed by atoms with Crippen LogP contribution < -0.4 is 5.56 Å². The largest absolute Gasteiger partial charge is 0.303 e. The van der Waals surface area contributed by atoms with Crippen LogP contribution in [0, 0.1) is 25.2 Å². The molecule has 0 aliphatic rings. The molecule has 0 saturated carbocycles. The Balaban J connectivity index is 2.20. The molecular weight excluding hydrogens is 296 g/mol. The molecule has 0 atom stereocenters. The Bertz CT molecular complexity index is 962. The third kappa shape index (κ3) is 3.00. The van der Waals surface area contributed by atoms with Gasteiger partial charge in [0.05, 0.1) is 12.2 Å². The van der Waals surface area contributed by atoms with Gasteiger partial charge in [0.2, 0.25) is 0 Å². The Labute approximate surface area is 141 Å². The van der Waals surface area contributed by atoms with Gasteiger partial charge in [0.1, 0.15) is 11.6 Å². The van der Waals surface area contributed by atoms with Crippen LogP contribution in [0.2, 0.25) is 0 Å². The highest BCUT2D eigenvalue weighted by atomic mass is 16.1. The van der Waals surface area contributed by atoms with Gasteiger partial charge in [-0.2, -0.15) is 5.26 Å². The van der Waals surface area contributed by atoms with Crippen LogP contribution in [0.3, 0.4) is 0 Å². The summed E-state index contributed by atoms with van der Waals surface area (Å²) < 4.78 is 1.69. The Morgan fingerprint density at radius 1 is 1.00 bits per heavy atom. The van der Waals surface area contributed by atoms with Crippen LogP contribution in [0.1, 0.15) is 22.3 Å². The summed E-state index contributed by atoms with van der Waals surface area (Å²) in [5.41, 5.74) is 4.69. The molecule has 0 N–H and O–H groups in total. The van der Waals surface area contributed by atoms with E-state index in [9.17, 15) is 10.1 Å². The zero-order valence-electron chi connectivity index (χ0n) is 13.8. The van der Waals surface area contributed by atoms with Crippen molar-refractivity contribution in [2.45, 2.75) is 20.4 Å². The highest BCUT2D eigenvalue weighted by molar-refractivity contribution is 5.62. The van der Waals surface area contributed by atoms with E-state index in [1.54, 1.807) is 4.57 Å². The van der Waals surface area contributed by atoms with Gasteiger partial charge in [0.25, 0.3) is 5.56 Å². The second-order valence-corrected chi connectivity index (χ2v) is 5.94. The molecule has 24 heavy (non-hydrogen) atoms. The number of pyridine rings is 1. The van der Waals surface area contributed by atoms with Gasteiger partial charge in [-0.15, -0.1) is 0 Å². The number of aryl methyl sites for hydroxylation is 2. The summed E-state index contributed by atoms with van der Waals surface area (Å²) in [6.07, 6.45) is 0. The first kappa shape index (κ1) is 15.8. The maximum atomic E-state index is 12.8. The molecule has 2 aromatic carbocycles. The van der Waals surface area contributed by atoms with Gasteiger partial charge >= 0.3 is 0 Å². The summed E-state index contributed by atoms with van der Waals surface area (Å²) in [6, 6.07) is 21.9. The minimum absolute atomic E-state index is 0.210. The second-order valence-electron chi connectivity index (χ2n) is 5.94. The average Bonchev–Trinajstić information content (AvgIpc) is 2.60. The minimum atomic E-state index is -0.239. The first-order chi connectivity index (χ1) is 11.6. The molecule has 0 aliphatic heterocycles. The van der Waals surface area contributed by atoms with Gasteiger partial charge in [-0.05, 0) is 36.6 Å². The minimum Gasteiger partial charge on any atom is -0.303 e. The summed E-state index contributed by atoms with van der Waals surface area (Å²) in [5, 5.41) is 9.32. The van der Waals surface area contributed by atoms with Crippen molar-refractivity contribution in [3.63, 3.8) is 0 Å². The molecule has 3 nitrogen and oxygen atoms in total. The van der Waals surface area contributed by atoms with Crippen molar-refractivity contribution >= 4 is 0 Å². The summed E-state index contributed by atoms with van der Waals surface area (Å²) in [6.45, 7) is 4.28. The molecule has 1 heterocycles. The van der Waals surface area contributed by atoms with Crippen LogP contribution in [-0.4, -0.2) is 4.57 Å². The average molecular weight is 314 g/mol. The van der Waals surface area contributed by atoms with Gasteiger partial charge in [0.15, 0.2) is 0 Å². The molecular formula is C21H18N2O. The number of hydrogen-bond donors (Lipinski definition) is 0. The quantitative estimate of drug-likeness (QED) is 0.732. The fourth-order valence-corrected chi connectivity index (χ4v) is 2.79. The Morgan fingerprint density at radius 3 is 2.29 bits per heavy atom. The Kier molecular flexibility index (Phi) is 4.31. The van der Waals surface area contributed by atoms with Crippen molar-refractivity contribution in [3.8, 4) is 17.3 Å². The SMILES string of the molecule is Cc1ccc(Cn2c(-c3ccccc3)cc(C)c(C#N)c2=O)cc1. The van der Waals surface area contributed by atoms with E-state index in [1.165, 1.54) is 5.56 Å². The van der Waals surface area contributed by atoms with Gasteiger partial charge in [0, 0.05) is 0 Å². The third-order valence-electron chi connectivity index (χ3n) is 4.14. The van der Waals surface area contributed by atoms with Gasteiger partial charge in [-0.25, -0.2) is 0 Å². The smallest absolute Gasteiger partial charge is 0.269 e. The van der Waals surface area contributed by atoms with Crippen LogP contribution in [0.25, 0.3) is 11.3 Å². The molecule has 0 fully saturated rings. The maximum absolute atomic E-state index is 12.8. The first-order valence-electron chi connectivity index (χ1n) is 7.85. The van der Waals surface area contributed by atoms with Gasteiger partial charge < -0.3 is 4.57 Å². The molecule has 3 rings (SSSR count). The van der Waals surface area contributed by atoms with Gasteiger partial charge in [-0.3, -0.25) is 4.79 Å². The van der Waals surface area contributed by atoms with Crippen molar-refractivity contribution in [3.05, 3.63) is 93.3 Å². The zero-order valence-corrected chi connectivity index (χ0v) is 13.8. The predicted octanol–water partition coefficient (Wildman–Crippen LogP) is 4.05. The summed E-state index contributed by atoms with van der Waals surface area (Å²) >= 11 is 0. The molecule has 0 saturated heterocycles. The van der Waals surface area contributed by atoms with E-state index in [0.29, 0.717) is 12.1 Å². The standard InChI is InChI=1S/C21H18N2O/c1-15-8-10-17(11-9-15)14-23-20(18-6-4-3-5-7-18)12-16(2)19(13-22)21(23)24/h3-12H,14H2,1-2H3. The molecule has 0 spiro atoms. The fraction of sp³-hybridized carbons (Fsp3) is 0.143. The van der Waals surface area contributed by atoms with E-state index in [0.717, 1.165) is 16.8 Å². The fourth-order valence-electron chi connectivity index (χ4n) is 2.79. The normalized spacial score (nSPS) is 10.4. The van der Waals surface area contributed by atoms with E-state index in [2.05, 4.69) is 0 Å². The number of nitrogens with zero attached hydrogens (tertiary/aromatic N) is 2. The van der Waals surface area contributed by atoms with Crippen LogP contribution in [0.5, 0.6) is 0 Å². The molecule has 0 radical (unpaired) electrons. The van der Waals surface area contributed by atoms with Crippen molar-refractivity contribution < 1.29 is 0 Å². The van der Waals surface area contributed by atoms with E-state index in [4.69, 9.17) is 0 Å².